The van der Waals surface area contributed by atoms with Crippen LogP contribution in [0.25, 0.3) is 0 Å². The molecule has 22 heavy (non-hydrogen) atoms. The van der Waals surface area contributed by atoms with E-state index in [1.54, 1.807) is 31.4 Å². The van der Waals surface area contributed by atoms with Gasteiger partial charge in [-0.05, 0) is 50.2 Å². The molecular weight excluding hydrogens is 278 g/mol. The lowest BCUT2D eigenvalue weighted by atomic mass is 10.2. The zero-order chi connectivity index (χ0) is 15.9. The molecule has 2 aromatic rings. The lowest BCUT2D eigenvalue weighted by Gasteiger charge is -2.15. The summed E-state index contributed by atoms with van der Waals surface area (Å²) >= 11 is 0. The molecule has 2 aromatic carbocycles. The predicted octanol–water partition coefficient (Wildman–Crippen LogP) is 3.20. The summed E-state index contributed by atoms with van der Waals surface area (Å²) in [5.74, 6) is 1.41. The predicted molar refractivity (Wildman–Crippen MR) is 86.6 cm³/mol. The Labute approximate surface area is 131 Å². The Hall–Kier alpha value is -2.49. The summed E-state index contributed by atoms with van der Waals surface area (Å²) in [4.78, 5) is 12.1. The van der Waals surface area contributed by atoms with Crippen LogP contribution in [0.2, 0.25) is 0 Å². The third-order valence-corrected chi connectivity index (χ3v) is 3.25. The zero-order valence-corrected chi connectivity index (χ0v) is 13.1. The van der Waals surface area contributed by atoms with Gasteiger partial charge < -0.3 is 14.8 Å². The van der Waals surface area contributed by atoms with Gasteiger partial charge in [-0.3, -0.25) is 4.79 Å². The van der Waals surface area contributed by atoms with Crippen LogP contribution < -0.4 is 14.8 Å². The van der Waals surface area contributed by atoms with Gasteiger partial charge in [-0.25, -0.2) is 0 Å². The minimum Gasteiger partial charge on any atom is -0.497 e. The molecular formula is C18H21NO3. The van der Waals surface area contributed by atoms with Gasteiger partial charge in [0.25, 0.3) is 5.91 Å². The molecule has 0 bridgehead atoms. The minimum atomic E-state index is -0.123. The Balaban J connectivity index is 1.83. The monoisotopic (exact) mass is 299 g/mol. The highest BCUT2D eigenvalue weighted by atomic mass is 16.5. The van der Waals surface area contributed by atoms with Gasteiger partial charge in [0.05, 0.1) is 13.2 Å². The number of nitrogens with one attached hydrogen (secondary N) is 1. The molecule has 0 fully saturated rings. The fourth-order valence-electron chi connectivity index (χ4n) is 1.95. The highest BCUT2D eigenvalue weighted by molar-refractivity contribution is 5.94. The number of ether oxygens (including phenoxy) is 2. The number of carbonyl (C=O) groups is 1. The number of carbonyl (C=O) groups excluding carboxylic acids is 1. The smallest absolute Gasteiger partial charge is 0.251 e. The standard InChI is InChI=1S/C18H21NO3/c1-13-4-8-17(9-5-13)22-12-14(2)19-18(20)15-6-10-16(21-3)11-7-15/h4-11,14H,12H2,1-3H3,(H,19,20)/t14-/m1/s1. The molecule has 0 heterocycles. The molecule has 1 N–H and O–H groups in total. The highest BCUT2D eigenvalue weighted by Gasteiger charge is 2.10. The van der Waals surface area contributed by atoms with E-state index in [4.69, 9.17) is 9.47 Å². The molecule has 1 atom stereocenters. The molecule has 4 heteroatoms. The second-order valence-electron chi connectivity index (χ2n) is 5.23. The van der Waals surface area contributed by atoms with Crippen LogP contribution in [0.1, 0.15) is 22.8 Å². The Morgan fingerprint density at radius 2 is 1.64 bits per heavy atom. The maximum absolute atomic E-state index is 12.1. The lowest BCUT2D eigenvalue weighted by molar-refractivity contribution is 0.0926. The molecule has 2 rings (SSSR count). The van der Waals surface area contributed by atoms with Gasteiger partial charge in [0.1, 0.15) is 18.1 Å². The Morgan fingerprint density at radius 3 is 2.23 bits per heavy atom. The quantitative estimate of drug-likeness (QED) is 0.891. The summed E-state index contributed by atoms with van der Waals surface area (Å²) in [5, 5.41) is 2.91. The van der Waals surface area contributed by atoms with Crippen LogP contribution in [0.4, 0.5) is 0 Å². The average Bonchev–Trinajstić information content (AvgIpc) is 2.54. The van der Waals surface area contributed by atoms with Gasteiger partial charge >= 0.3 is 0 Å². The molecule has 0 aliphatic carbocycles. The normalized spacial score (nSPS) is 11.6. The lowest BCUT2D eigenvalue weighted by Crippen LogP contribution is -2.36. The van der Waals surface area contributed by atoms with Crippen molar-refractivity contribution in [1.29, 1.82) is 0 Å². The Kier molecular flexibility index (Phi) is 5.42. The summed E-state index contributed by atoms with van der Waals surface area (Å²) < 4.78 is 10.7. The summed E-state index contributed by atoms with van der Waals surface area (Å²) in [7, 11) is 1.60. The van der Waals surface area contributed by atoms with Crippen molar-refractivity contribution < 1.29 is 14.3 Å². The molecule has 0 saturated heterocycles. The summed E-state index contributed by atoms with van der Waals surface area (Å²) in [6.45, 7) is 4.36. The van der Waals surface area contributed by atoms with Crippen LogP contribution in [-0.4, -0.2) is 25.7 Å². The fourth-order valence-corrected chi connectivity index (χ4v) is 1.95. The van der Waals surface area contributed by atoms with Gasteiger partial charge in [0.15, 0.2) is 0 Å². The second-order valence-corrected chi connectivity index (χ2v) is 5.23. The molecule has 0 unspecified atom stereocenters. The number of amides is 1. The van der Waals surface area contributed by atoms with Crippen LogP contribution >= 0.6 is 0 Å². The van der Waals surface area contributed by atoms with Crippen molar-refractivity contribution in [1.82, 2.24) is 5.32 Å². The Bertz CT molecular complexity index is 605. The van der Waals surface area contributed by atoms with Crippen LogP contribution in [0.3, 0.4) is 0 Å². The number of hydrogen-bond donors (Lipinski definition) is 1. The number of aryl methyl sites for hydroxylation is 1. The summed E-state index contributed by atoms with van der Waals surface area (Å²) in [5.41, 5.74) is 1.79. The van der Waals surface area contributed by atoms with E-state index >= 15 is 0 Å². The molecule has 0 radical (unpaired) electrons. The minimum absolute atomic E-state index is 0.0871. The van der Waals surface area contributed by atoms with Gasteiger partial charge in [0, 0.05) is 5.56 Å². The van der Waals surface area contributed by atoms with E-state index in [0.717, 1.165) is 11.5 Å². The molecule has 0 saturated carbocycles. The van der Waals surface area contributed by atoms with Crippen molar-refractivity contribution in [3.63, 3.8) is 0 Å². The number of methoxy groups -OCH3 is 1. The summed E-state index contributed by atoms with van der Waals surface area (Å²) in [6.07, 6.45) is 0. The van der Waals surface area contributed by atoms with E-state index in [1.807, 2.05) is 38.1 Å². The first-order chi connectivity index (χ1) is 10.6. The third-order valence-electron chi connectivity index (χ3n) is 3.25. The summed E-state index contributed by atoms with van der Waals surface area (Å²) in [6, 6.07) is 14.8. The van der Waals surface area contributed by atoms with E-state index < -0.39 is 0 Å². The first-order valence-electron chi connectivity index (χ1n) is 7.23. The third kappa shape index (κ3) is 4.52. The Morgan fingerprint density at radius 1 is 1.05 bits per heavy atom. The maximum atomic E-state index is 12.1. The fraction of sp³-hybridized carbons (Fsp3) is 0.278. The average molecular weight is 299 g/mol. The van der Waals surface area contributed by atoms with E-state index in [9.17, 15) is 4.79 Å². The largest absolute Gasteiger partial charge is 0.497 e. The SMILES string of the molecule is COc1ccc(C(=O)N[C@H](C)COc2ccc(C)cc2)cc1. The van der Waals surface area contributed by atoms with E-state index in [2.05, 4.69) is 5.32 Å². The first-order valence-corrected chi connectivity index (χ1v) is 7.23. The van der Waals surface area contributed by atoms with Crippen LogP contribution in [0.5, 0.6) is 11.5 Å². The van der Waals surface area contributed by atoms with E-state index in [0.29, 0.717) is 12.2 Å². The molecule has 0 aromatic heterocycles. The van der Waals surface area contributed by atoms with E-state index in [1.165, 1.54) is 5.56 Å². The molecule has 116 valence electrons. The van der Waals surface area contributed by atoms with Crippen LogP contribution in [-0.2, 0) is 0 Å². The molecule has 1 amide bonds. The second kappa shape index (κ2) is 7.50. The van der Waals surface area contributed by atoms with Gasteiger partial charge in [-0.15, -0.1) is 0 Å². The first kappa shape index (κ1) is 15.9. The van der Waals surface area contributed by atoms with Crippen molar-refractivity contribution in [2.75, 3.05) is 13.7 Å². The van der Waals surface area contributed by atoms with Gasteiger partial charge in [-0.1, -0.05) is 17.7 Å². The maximum Gasteiger partial charge on any atom is 0.251 e. The van der Waals surface area contributed by atoms with Crippen molar-refractivity contribution in [2.24, 2.45) is 0 Å². The van der Waals surface area contributed by atoms with Crippen molar-refractivity contribution in [2.45, 2.75) is 19.9 Å². The van der Waals surface area contributed by atoms with Crippen LogP contribution in [0, 0.1) is 6.92 Å². The van der Waals surface area contributed by atoms with E-state index in [-0.39, 0.29) is 11.9 Å². The molecule has 0 aliphatic rings. The number of hydrogen-bond acceptors (Lipinski definition) is 3. The molecule has 0 spiro atoms. The van der Waals surface area contributed by atoms with Crippen molar-refractivity contribution in [3.05, 3.63) is 59.7 Å². The molecule has 0 aliphatic heterocycles. The topological polar surface area (TPSA) is 47.6 Å². The highest BCUT2D eigenvalue weighted by Crippen LogP contribution is 2.13. The number of benzene rings is 2. The zero-order valence-electron chi connectivity index (χ0n) is 13.1. The van der Waals surface area contributed by atoms with Gasteiger partial charge in [-0.2, -0.15) is 0 Å². The molecule has 4 nitrogen and oxygen atoms in total. The van der Waals surface area contributed by atoms with Crippen molar-refractivity contribution in [3.8, 4) is 11.5 Å². The van der Waals surface area contributed by atoms with Gasteiger partial charge in [0.2, 0.25) is 0 Å². The van der Waals surface area contributed by atoms with Crippen LogP contribution in [0.15, 0.2) is 48.5 Å². The van der Waals surface area contributed by atoms with Crippen molar-refractivity contribution >= 4 is 5.91 Å². The number of rotatable bonds is 6.